The second kappa shape index (κ2) is 7.71. The minimum absolute atomic E-state index is 0.0200. The highest BCUT2D eigenvalue weighted by atomic mass is 127. The summed E-state index contributed by atoms with van der Waals surface area (Å²) in [6.45, 7) is 2.12. The SMILES string of the molecule is O=C(CSC1CCNCC1)Nc1ccc(I)cc1Cl. The zero-order valence-corrected chi connectivity index (χ0v) is 14.1. The molecular weight excluding hydrogens is 395 g/mol. The van der Waals surface area contributed by atoms with Crippen molar-refractivity contribution < 1.29 is 4.79 Å². The second-order valence-electron chi connectivity index (χ2n) is 4.43. The molecule has 0 radical (unpaired) electrons. The molecule has 19 heavy (non-hydrogen) atoms. The van der Waals surface area contributed by atoms with Crippen LogP contribution >= 0.6 is 46.0 Å². The van der Waals surface area contributed by atoms with Gasteiger partial charge >= 0.3 is 0 Å². The largest absolute Gasteiger partial charge is 0.324 e. The van der Waals surface area contributed by atoms with Crippen LogP contribution in [0.25, 0.3) is 0 Å². The first-order valence-corrected chi connectivity index (χ1v) is 8.73. The molecule has 2 N–H and O–H groups in total. The Morgan fingerprint density at radius 3 is 2.89 bits per heavy atom. The highest BCUT2D eigenvalue weighted by Gasteiger charge is 2.15. The Morgan fingerprint density at radius 1 is 1.47 bits per heavy atom. The number of anilines is 1. The van der Waals surface area contributed by atoms with Gasteiger partial charge < -0.3 is 10.6 Å². The van der Waals surface area contributed by atoms with Gasteiger partial charge in [-0.1, -0.05) is 11.6 Å². The molecule has 0 saturated carbocycles. The average Bonchev–Trinajstić information content (AvgIpc) is 2.41. The molecule has 2 rings (SSSR count). The van der Waals surface area contributed by atoms with Gasteiger partial charge in [0.25, 0.3) is 0 Å². The molecule has 1 aliphatic rings. The zero-order valence-electron chi connectivity index (χ0n) is 10.4. The van der Waals surface area contributed by atoms with E-state index >= 15 is 0 Å². The van der Waals surface area contributed by atoms with Crippen molar-refractivity contribution in [2.45, 2.75) is 18.1 Å². The number of carbonyl (C=O) groups is 1. The maximum atomic E-state index is 11.9. The average molecular weight is 411 g/mol. The van der Waals surface area contributed by atoms with Crippen LogP contribution in [0, 0.1) is 3.57 Å². The molecule has 1 heterocycles. The smallest absolute Gasteiger partial charge is 0.234 e. The highest BCUT2D eigenvalue weighted by Crippen LogP contribution is 2.25. The van der Waals surface area contributed by atoms with E-state index in [2.05, 4.69) is 33.2 Å². The van der Waals surface area contributed by atoms with Crippen LogP contribution in [0.15, 0.2) is 18.2 Å². The fourth-order valence-corrected chi connectivity index (χ4v) is 3.86. The zero-order chi connectivity index (χ0) is 13.7. The van der Waals surface area contributed by atoms with Gasteiger partial charge in [-0.25, -0.2) is 0 Å². The standard InChI is InChI=1S/C13H16ClIN2OS/c14-11-7-9(15)1-2-12(11)17-13(18)8-19-10-3-5-16-6-4-10/h1-2,7,10,16H,3-6,8H2,(H,17,18). The minimum atomic E-state index is 0.0200. The Labute approximate surface area is 136 Å². The lowest BCUT2D eigenvalue weighted by Crippen LogP contribution is -2.30. The van der Waals surface area contributed by atoms with E-state index in [1.807, 2.05) is 18.2 Å². The molecule has 1 aromatic rings. The fraction of sp³-hybridized carbons (Fsp3) is 0.462. The number of rotatable bonds is 4. The van der Waals surface area contributed by atoms with Crippen LogP contribution in [0.5, 0.6) is 0 Å². The lowest BCUT2D eigenvalue weighted by atomic mass is 10.2. The molecule has 0 aromatic heterocycles. The number of benzene rings is 1. The van der Waals surface area contributed by atoms with Crippen molar-refractivity contribution in [2.24, 2.45) is 0 Å². The Balaban J connectivity index is 1.80. The van der Waals surface area contributed by atoms with Crippen LogP contribution in [0.2, 0.25) is 5.02 Å². The number of carbonyl (C=O) groups excluding carboxylic acids is 1. The monoisotopic (exact) mass is 410 g/mol. The van der Waals surface area contributed by atoms with Crippen molar-refractivity contribution in [3.8, 4) is 0 Å². The van der Waals surface area contributed by atoms with Crippen molar-refractivity contribution in [3.05, 3.63) is 26.8 Å². The van der Waals surface area contributed by atoms with Crippen LogP contribution < -0.4 is 10.6 Å². The molecule has 0 atom stereocenters. The predicted molar refractivity (Wildman–Crippen MR) is 91.1 cm³/mol. The molecule has 6 heteroatoms. The van der Waals surface area contributed by atoms with E-state index in [0.29, 0.717) is 21.7 Å². The molecule has 0 bridgehead atoms. The summed E-state index contributed by atoms with van der Waals surface area (Å²) in [5, 5.41) is 7.38. The maximum Gasteiger partial charge on any atom is 0.234 e. The molecule has 1 aliphatic heterocycles. The topological polar surface area (TPSA) is 41.1 Å². The summed E-state index contributed by atoms with van der Waals surface area (Å²) < 4.78 is 1.06. The molecule has 0 spiro atoms. The van der Waals surface area contributed by atoms with Crippen molar-refractivity contribution in [2.75, 3.05) is 24.2 Å². The van der Waals surface area contributed by atoms with Gasteiger partial charge in [0.05, 0.1) is 16.5 Å². The van der Waals surface area contributed by atoms with Gasteiger partial charge in [-0.15, -0.1) is 11.8 Å². The highest BCUT2D eigenvalue weighted by molar-refractivity contribution is 14.1. The van der Waals surface area contributed by atoms with Gasteiger partial charge in [-0.05, 0) is 66.7 Å². The first-order valence-electron chi connectivity index (χ1n) is 6.22. The Hall–Kier alpha value is 0.0200. The number of amides is 1. The third-order valence-electron chi connectivity index (χ3n) is 2.94. The Bertz CT molecular complexity index is 452. The van der Waals surface area contributed by atoms with Gasteiger partial charge in [0, 0.05) is 8.82 Å². The van der Waals surface area contributed by atoms with E-state index in [1.165, 1.54) is 0 Å². The third-order valence-corrected chi connectivity index (χ3v) is 5.30. The van der Waals surface area contributed by atoms with Gasteiger partial charge in [-0.2, -0.15) is 0 Å². The van der Waals surface area contributed by atoms with E-state index in [1.54, 1.807) is 11.8 Å². The van der Waals surface area contributed by atoms with Gasteiger partial charge in [0.2, 0.25) is 5.91 Å². The van der Waals surface area contributed by atoms with Crippen LogP contribution in [-0.4, -0.2) is 30.0 Å². The van der Waals surface area contributed by atoms with E-state index in [0.717, 1.165) is 29.5 Å². The molecule has 1 fully saturated rings. The molecule has 1 aromatic carbocycles. The Morgan fingerprint density at radius 2 is 2.21 bits per heavy atom. The predicted octanol–water partition coefficient (Wildman–Crippen LogP) is 3.37. The van der Waals surface area contributed by atoms with Crippen molar-refractivity contribution in [1.82, 2.24) is 5.32 Å². The summed E-state index contributed by atoms with van der Waals surface area (Å²) in [7, 11) is 0. The van der Waals surface area contributed by atoms with Gasteiger partial charge in [0.1, 0.15) is 0 Å². The first-order chi connectivity index (χ1) is 9.15. The molecular formula is C13H16ClIN2OS. The van der Waals surface area contributed by atoms with Crippen LogP contribution in [0.1, 0.15) is 12.8 Å². The van der Waals surface area contributed by atoms with E-state index in [4.69, 9.17) is 11.6 Å². The van der Waals surface area contributed by atoms with Crippen LogP contribution in [0.3, 0.4) is 0 Å². The summed E-state index contributed by atoms with van der Waals surface area (Å²) in [5.41, 5.74) is 0.693. The van der Waals surface area contributed by atoms with Crippen molar-refractivity contribution in [1.29, 1.82) is 0 Å². The van der Waals surface area contributed by atoms with Gasteiger partial charge in [0.15, 0.2) is 0 Å². The van der Waals surface area contributed by atoms with Gasteiger partial charge in [-0.3, -0.25) is 4.79 Å². The van der Waals surface area contributed by atoms with E-state index in [9.17, 15) is 4.79 Å². The lowest BCUT2D eigenvalue weighted by Gasteiger charge is -2.21. The van der Waals surface area contributed by atoms with Crippen LogP contribution in [-0.2, 0) is 4.79 Å². The van der Waals surface area contributed by atoms with Crippen LogP contribution in [0.4, 0.5) is 5.69 Å². The molecule has 1 saturated heterocycles. The molecule has 1 amide bonds. The summed E-state index contributed by atoms with van der Waals surface area (Å²) in [6, 6.07) is 5.62. The summed E-state index contributed by atoms with van der Waals surface area (Å²) in [6.07, 6.45) is 2.28. The summed E-state index contributed by atoms with van der Waals surface area (Å²) >= 11 is 10.0. The van der Waals surface area contributed by atoms with E-state index in [-0.39, 0.29) is 5.91 Å². The first kappa shape index (κ1) is 15.4. The molecule has 0 unspecified atom stereocenters. The minimum Gasteiger partial charge on any atom is -0.324 e. The Kier molecular flexibility index (Phi) is 6.25. The van der Waals surface area contributed by atoms with Crippen molar-refractivity contribution >= 4 is 57.5 Å². The maximum absolute atomic E-state index is 11.9. The number of thioether (sulfide) groups is 1. The second-order valence-corrected chi connectivity index (χ2v) is 7.37. The third kappa shape index (κ3) is 5.13. The number of halogens is 2. The number of hydrogen-bond donors (Lipinski definition) is 2. The number of piperidine rings is 1. The lowest BCUT2D eigenvalue weighted by molar-refractivity contribution is -0.113. The number of nitrogens with one attached hydrogen (secondary N) is 2. The van der Waals surface area contributed by atoms with Crippen molar-refractivity contribution in [3.63, 3.8) is 0 Å². The molecule has 0 aliphatic carbocycles. The molecule has 104 valence electrons. The molecule has 3 nitrogen and oxygen atoms in total. The summed E-state index contributed by atoms with van der Waals surface area (Å²) in [4.78, 5) is 11.9. The van der Waals surface area contributed by atoms with E-state index < -0.39 is 0 Å². The fourth-order valence-electron chi connectivity index (χ4n) is 1.93. The quantitative estimate of drug-likeness (QED) is 0.748. The number of hydrogen-bond acceptors (Lipinski definition) is 3. The normalized spacial score (nSPS) is 16.3. The summed E-state index contributed by atoms with van der Waals surface area (Å²) in [5.74, 6) is 0.513.